The number of β-lactam (4-membered cyclic amide) rings is 1. The molecule has 2 heterocycles. The van der Waals surface area contributed by atoms with Gasteiger partial charge in [0.15, 0.2) is 12.1 Å². The number of rotatable bonds is 11. The van der Waals surface area contributed by atoms with E-state index in [4.69, 9.17) is 8.92 Å². The Morgan fingerprint density at radius 2 is 1.69 bits per heavy atom. The molecule has 10 heteroatoms. The van der Waals surface area contributed by atoms with Gasteiger partial charge in [0.05, 0.1) is 6.26 Å². The molecular formula is C26H32N2O6S2. The van der Waals surface area contributed by atoms with Gasteiger partial charge in [0, 0.05) is 5.75 Å². The number of benzene rings is 2. The molecule has 4 atom stereocenters. The summed E-state index contributed by atoms with van der Waals surface area (Å²) < 4.78 is 35.3. The average molecular weight is 533 g/mol. The number of unbranched alkanes of at least 4 members (excludes halogenated alkanes) is 2. The van der Waals surface area contributed by atoms with Crippen LogP contribution in [-0.4, -0.2) is 67.3 Å². The quantitative estimate of drug-likeness (QED) is 0.204. The number of thioether (sulfide) groups is 1. The number of hydrogen-bond acceptors (Lipinski definition) is 8. The van der Waals surface area contributed by atoms with E-state index < -0.39 is 40.4 Å². The highest BCUT2D eigenvalue weighted by atomic mass is 32.2. The van der Waals surface area contributed by atoms with Gasteiger partial charge in [-0.25, -0.2) is 4.79 Å². The Morgan fingerprint density at radius 1 is 1.08 bits per heavy atom. The van der Waals surface area contributed by atoms with E-state index in [0.717, 1.165) is 36.6 Å². The standard InChI is InChI=1S/C26H32N2O6S2/c1-3-4-11-16-27-21-24(29)28-22(20(17-35-25(21)28)34-36(2,31)32)26(30)33-23(18-12-7-5-8-13-18)19-14-9-6-10-15-19/h5-10,12-15,20-23,25,27H,3-4,11,16-17H2,1-2H3/t20?,21?,22?,25-/m0/s1. The van der Waals surface area contributed by atoms with Crippen molar-refractivity contribution in [2.75, 3.05) is 18.6 Å². The first kappa shape index (κ1) is 26.7. The average Bonchev–Trinajstić information content (AvgIpc) is 2.87. The van der Waals surface area contributed by atoms with Crippen molar-refractivity contribution in [3.8, 4) is 0 Å². The second-order valence-electron chi connectivity index (χ2n) is 9.03. The van der Waals surface area contributed by atoms with Crippen LogP contribution in [0.5, 0.6) is 0 Å². The topological polar surface area (TPSA) is 102 Å². The van der Waals surface area contributed by atoms with Crippen LogP contribution in [0.2, 0.25) is 0 Å². The molecule has 2 aromatic rings. The Morgan fingerprint density at radius 3 is 2.25 bits per heavy atom. The molecule has 2 aliphatic rings. The predicted octanol–water partition coefficient (Wildman–Crippen LogP) is 3.10. The third-order valence-electron chi connectivity index (χ3n) is 6.29. The summed E-state index contributed by atoms with van der Waals surface area (Å²) in [5, 5.41) is 3.01. The fourth-order valence-corrected chi connectivity index (χ4v) is 6.73. The number of esters is 1. The lowest BCUT2D eigenvalue weighted by atomic mass is 9.98. The SMILES string of the molecule is CCCCCNC1C(=O)N2C(C(=O)OC(c3ccccc3)c3ccccc3)C(OS(C)(=O)=O)CS[C@@H]12. The molecule has 0 saturated carbocycles. The summed E-state index contributed by atoms with van der Waals surface area (Å²) in [6, 6.07) is 17.0. The van der Waals surface area contributed by atoms with Crippen LogP contribution in [0, 0.1) is 0 Å². The number of carbonyl (C=O) groups is 2. The van der Waals surface area contributed by atoms with Crippen molar-refractivity contribution in [3.63, 3.8) is 0 Å². The molecule has 8 nitrogen and oxygen atoms in total. The van der Waals surface area contributed by atoms with E-state index in [1.165, 1.54) is 16.7 Å². The molecule has 36 heavy (non-hydrogen) atoms. The van der Waals surface area contributed by atoms with E-state index >= 15 is 0 Å². The summed E-state index contributed by atoms with van der Waals surface area (Å²) in [6.45, 7) is 2.82. The van der Waals surface area contributed by atoms with Crippen molar-refractivity contribution >= 4 is 33.8 Å². The minimum absolute atomic E-state index is 0.246. The third-order valence-corrected chi connectivity index (χ3v) is 8.24. The van der Waals surface area contributed by atoms with Crippen LogP contribution in [0.15, 0.2) is 60.7 Å². The second-order valence-corrected chi connectivity index (χ2v) is 11.8. The van der Waals surface area contributed by atoms with Gasteiger partial charge in [-0.05, 0) is 24.1 Å². The van der Waals surface area contributed by atoms with Crippen molar-refractivity contribution in [3.05, 3.63) is 71.8 Å². The molecular weight excluding hydrogens is 500 g/mol. The monoisotopic (exact) mass is 532 g/mol. The predicted molar refractivity (Wildman–Crippen MR) is 139 cm³/mol. The van der Waals surface area contributed by atoms with E-state index in [1.54, 1.807) is 0 Å². The molecule has 1 N–H and O–H groups in total. The maximum Gasteiger partial charge on any atom is 0.332 e. The summed E-state index contributed by atoms with van der Waals surface area (Å²) in [6.07, 6.45) is 2.29. The Bertz CT molecular complexity index is 1110. The lowest BCUT2D eigenvalue weighted by molar-refractivity contribution is -0.172. The normalized spacial score (nSPS) is 23.8. The number of nitrogens with one attached hydrogen (secondary N) is 1. The molecule has 4 rings (SSSR count). The van der Waals surface area contributed by atoms with E-state index in [2.05, 4.69) is 12.2 Å². The molecule has 2 fully saturated rings. The van der Waals surface area contributed by atoms with Gasteiger partial charge in [-0.1, -0.05) is 80.4 Å². The molecule has 0 bridgehead atoms. The molecule has 0 aliphatic carbocycles. The maximum absolute atomic E-state index is 13.7. The van der Waals surface area contributed by atoms with Gasteiger partial charge in [0.1, 0.15) is 17.5 Å². The molecule has 0 radical (unpaired) electrons. The molecule has 0 spiro atoms. The van der Waals surface area contributed by atoms with Gasteiger partial charge in [-0.15, -0.1) is 11.8 Å². The zero-order valence-corrected chi connectivity index (χ0v) is 22.0. The highest BCUT2D eigenvalue weighted by molar-refractivity contribution is 8.00. The largest absolute Gasteiger partial charge is 0.451 e. The molecule has 2 saturated heterocycles. The number of carbonyl (C=O) groups excluding carboxylic acids is 2. The van der Waals surface area contributed by atoms with Gasteiger partial charge in [-0.2, -0.15) is 8.42 Å². The van der Waals surface area contributed by atoms with Gasteiger partial charge < -0.3 is 15.0 Å². The summed E-state index contributed by atoms with van der Waals surface area (Å²) >= 11 is 1.42. The lowest BCUT2D eigenvalue weighted by Crippen LogP contribution is -2.76. The van der Waals surface area contributed by atoms with Crippen molar-refractivity contribution in [2.24, 2.45) is 0 Å². The van der Waals surface area contributed by atoms with Gasteiger partial charge in [0.2, 0.25) is 5.91 Å². The third kappa shape index (κ3) is 6.11. The van der Waals surface area contributed by atoms with Gasteiger partial charge in [0.25, 0.3) is 10.1 Å². The molecule has 1 amide bonds. The van der Waals surface area contributed by atoms with E-state index in [1.807, 2.05) is 60.7 Å². The van der Waals surface area contributed by atoms with Crippen LogP contribution < -0.4 is 5.32 Å². The lowest BCUT2D eigenvalue weighted by Gasteiger charge is -2.54. The van der Waals surface area contributed by atoms with E-state index in [0.29, 0.717) is 6.54 Å². The van der Waals surface area contributed by atoms with Crippen LogP contribution in [0.1, 0.15) is 43.4 Å². The van der Waals surface area contributed by atoms with E-state index in [-0.39, 0.29) is 17.0 Å². The first-order valence-corrected chi connectivity index (χ1v) is 15.0. The molecule has 194 valence electrons. The maximum atomic E-state index is 13.7. The minimum Gasteiger partial charge on any atom is -0.451 e. The molecule has 2 aliphatic heterocycles. The van der Waals surface area contributed by atoms with Crippen LogP contribution in [-0.2, 0) is 28.6 Å². The minimum atomic E-state index is -3.87. The zero-order chi connectivity index (χ0) is 25.7. The number of nitrogens with zero attached hydrogens (tertiary/aromatic N) is 1. The van der Waals surface area contributed by atoms with Crippen molar-refractivity contribution < 1.29 is 26.9 Å². The van der Waals surface area contributed by atoms with Crippen LogP contribution in [0.4, 0.5) is 0 Å². The van der Waals surface area contributed by atoms with Crippen molar-refractivity contribution in [1.29, 1.82) is 0 Å². The smallest absolute Gasteiger partial charge is 0.332 e. The Hall–Kier alpha value is -2.40. The summed E-state index contributed by atoms with van der Waals surface area (Å²) in [7, 11) is -3.87. The fraction of sp³-hybridized carbons (Fsp3) is 0.462. The first-order valence-electron chi connectivity index (χ1n) is 12.2. The summed E-state index contributed by atoms with van der Waals surface area (Å²) in [5.74, 6) is -0.691. The highest BCUT2D eigenvalue weighted by Gasteiger charge is 2.58. The molecule has 3 unspecified atom stereocenters. The number of ether oxygens (including phenoxy) is 1. The van der Waals surface area contributed by atoms with E-state index in [9.17, 15) is 18.0 Å². The Labute approximate surface area is 216 Å². The van der Waals surface area contributed by atoms with Crippen LogP contribution >= 0.6 is 11.8 Å². The Kier molecular flexibility index (Phi) is 8.71. The fourth-order valence-electron chi connectivity index (χ4n) is 4.58. The summed E-state index contributed by atoms with van der Waals surface area (Å²) in [5.41, 5.74) is 1.54. The Balaban J connectivity index is 1.58. The summed E-state index contributed by atoms with van der Waals surface area (Å²) in [4.78, 5) is 28.2. The number of hydrogen-bond donors (Lipinski definition) is 1. The second kappa shape index (κ2) is 11.8. The van der Waals surface area contributed by atoms with Crippen molar-refractivity contribution in [2.45, 2.75) is 55.9 Å². The molecule has 0 aromatic heterocycles. The van der Waals surface area contributed by atoms with Crippen LogP contribution in [0.3, 0.4) is 0 Å². The highest BCUT2D eigenvalue weighted by Crippen LogP contribution is 2.41. The van der Waals surface area contributed by atoms with Crippen molar-refractivity contribution in [1.82, 2.24) is 10.2 Å². The zero-order valence-electron chi connectivity index (χ0n) is 20.4. The van der Waals surface area contributed by atoms with Crippen LogP contribution in [0.25, 0.3) is 0 Å². The van der Waals surface area contributed by atoms with Gasteiger partial charge in [-0.3, -0.25) is 8.98 Å². The number of amides is 1. The first-order chi connectivity index (χ1) is 17.3. The number of fused-ring (bicyclic) bond motifs is 1. The van der Waals surface area contributed by atoms with Gasteiger partial charge >= 0.3 is 5.97 Å². The molecule has 2 aromatic carbocycles.